The molecule has 0 aromatic heterocycles. The molecule has 0 bridgehead atoms. The van der Waals surface area contributed by atoms with Crippen molar-refractivity contribution in [1.82, 2.24) is 0 Å². The van der Waals surface area contributed by atoms with Crippen LogP contribution in [0.4, 0.5) is 8.78 Å². The maximum Gasteiger partial charge on any atom is 0.308 e. The van der Waals surface area contributed by atoms with Crippen LogP contribution >= 0.6 is 11.6 Å². The van der Waals surface area contributed by atoms with Crippen LogP contribution in [-0.2, 0) is 4.79 Å². The molecule has 0 radical (unpaired) electrons. The Morgan fingerprint density at radius 1 is 1.46 bits per heavy atom. The summed E-state index contributed by atoms with van der Waals surface area (Å²) < 4.78 is 30.1. The Bertz CT molecular complexity index is 352. The first kappa shape index (κ1) is 9.92. The van der Waals surface area contributed by atoms with Crippen LogP contribution in [-0.4, -0.2) is 5.97 Å². The van der Waals surface area contributed by atoms with Gasteiger partial charge in [-0.2, -0.15) is 0 Å². The van der Waals surface area contributed by atoms with Crippen LogP contribution in [0, 0.1) is 11.6 Å². The molecule has 0 aliphatic carbocycles. The van der Waals surface area contributed by atoms with E-state index in [0.29, 0.717) is 0 Å². The van der Waals surface area contributed by atoms with E-state index in [0.717, 1.165) is 19.1 Å². The van der Waals surface area contributed by atoms with Crippen molar-refractivity contribution in [2.24, 2.45) is 0 Å². The van der Waals surface area contributed by atoms with Gasteiger partial charge in [0.2, 0.25) is 5.75 Å². The molecule has 0 spiro atoms. The second kappa shape index (κ2) is 3.70. The third kappa shape index (κ3) is 2.15. The van der Waals surface area contributed by atoms with E-state index in [2.05, 4.69) is 4.74 Å². The molecule has 0 heterocycles. The molecule has 13 heavy (non-hydrogen) atoms. The number of halogens is 3. The Hall–Kier alpha value is -1.16. The maximum absolute atomic E-state index is 13.0. The minimum atomic E-state index is -1.07. The molecule has 70 valence electrons. The Labute approximate surface area is 78.1 Å². The lowest BCUT2D eigenvalue weighted by Gasteiger charge is -2.04. The summed E-state index contributed by atoms with van der Waals surface area (Å²) in [6, 6.07) is 1.96. The minimum Gasteiger partial charge on any atom is -0.420 e. The first-order valence-electron chi connectivity index (χ1n) is 3.34. The molecule has 5 heteroatoms. The first-order chi connectivity index (χ1) is 6.02. The fourth-order valence-corrected chi connectivity index (χ4v) is 0.895. The Morgan fingerprint density at radius 3 is 2.62 bits per heavy atom. The van der Waals surface area contributed by atoms with Crippen LogP contribution < -0.4 is 4.74 Å². The molecule has 0 N–H and O–H groups in total. The van der Waals surface area contributed by atoms with Gasteiger partial charge in [-0.1, -0.05) is 11.6 Å². The SMILES string of the molecule is CC(=O)Oc1c(F)ccc(Cl)c1F. The quantitative estimate of drug-likeness (QED) is 0.401. The van der Waals surface area contributed by atoms with Crippen molar-refractivity contribution in [2.45, 2.75) is 6.92 Å². The topological polar surface area (TPSA) is 26.3 Å². The monoisotopic (exact) mass is 206 g/mol. The van der Waals surface area contributed by atoms with Crippen molar-refractivity contribution < 1.29 is 18.3 Å². The summed E-state index contributed by atoms with van der Waals surface area (Å²) in [7, 11) is 0. The van der Waals surface area contributed by atoms with Gasteiger partial charge in [0.05, 0.1) is 5.02 Å². The molecule has 1 aromatic carbocycles. The second-order valence-electron chi connectivity index (χ2n) is 2.27. The summed E-state index contributed by atoms with van der Waals surface area (Å²) in [6.07, 6.45) is 0. The normalized spacial score (nSPS) is 9.85. The van der Waals surface area contributed by atoms with Crippen molar-refractivity contribution in [3.8, 4) is 5.75 Å². The van der Waals surface area contributed by atoms with E-state index in [1.165, 1.54) is 0 Å². The molecule has 0 aliphatic rings. The third-order valence-electron chi connectivity index (χ3n) is 1.25. The molecule has 2 nitrogen and oxygen atoms in total. The van der Waals surface area contributed by atoms with Crippen LogP contribution in [0.15, 0.2) is 12.1 Å². The summed E-state index contributed by atoms with van der Waals surface area (Å²) >= 11 is 5.34. The van der Waals surface area contributed by atoms with Gasteiger partial charge >= 0.3 is 5.97 Å². The largest absolute Gasteiger partial charge is 0.420 e. The molecule has 0 saturated heterocycles. The van der Waals surface area contributed by atoms with Crippen LogP contribution in [0.25, 0.3) is 0 Å². The van der Waals surface area contributed by atoms with Crippen LogP contribution in [0.5, 0.6) is 5.75 Å². The highest BCUT2D eigenvalue weighted by molar-refractivity contribution is 6.30. The summed E-state index contributed by atoms with van der Waals surface area (Å²) in [4.78, 5) is 10.4. The Kier molecular flexibility index (Phi) is 2.83. The van der Waals surface area contributed by atoms with Crippen LogP contribution in [0.2, 0.25) is 5.02 Å². The van der Waals surface area contributed by atoms with Crippen molar-refractivity contribution in [2.75, 3.05) is 0 Å². The van der Waals surface area contributed by atoms with Gasteiger partial charge in [-0.05, 0) is 12.1 Å². The number of ether oxygens (including phenoxy) is 1. The van der Waals surface area contributed by atoms with Gasteiger partial charge in [0.25, 0.3) is 0 Å². The lowest BCUT2D eigenvalue weighted by atomic mass is 10.3. The smallest absolute Gasteiger partial charge is 0.308 e. The number of esters is 1. The number of hydrogen-bond acceptors (Lipinski definition) is 2. The maximum atomic E-state index is 13.0. The zero-order valence-electron chi connectivity index (χ0n) is 6.61. The molecular weight excluding hydrogens is 202 g/mol. The summed E-state index contributed by atoms with van der Waals surface area (Å²) in [6.45, 7) is 1.04. The van der Waals surface area contributed by atoms with E-state index in [9.17, 15) is 13.6 Å². The number of hydrogen-bond donors (Lipinski definition) is 0. The lowest BCUT2D eigenvalue weighted by molar-refractivity contribution is -0.132. The zero-order valence-corrected chi connectivity index (χ0v) is 7.36. The Balaban J connectivity index is 3.17. The van der Waals surface area contributed by atoms with Crippen molar-refractivity contribution in [1.29, 1.82) is 0 Å². The fraction of sp³-hybridized carbons (Fsp3) is 0.125. The highest BCUT2D eigenvalue weighted by Crippen LogP contribution is 2.27. The van der Waals surface area contributed by atoms with Gasteiger partial charge in [0, 0.05) is 6.92 Å². The molecule has 0 unspecified atom stereocenters. The molecule has 1 aromatic rings. The number of benzene rings is 1. The Morgan fingerprint density at radius 2 is 2.08 bits per heavy atom. The van der Waals surface area contributed by atoms with E-state index in [4.69, 9.17) is 11.6 Å². The molecule has 0 amide bonds. The third-order valence-corrected chi connectivity index (χ3v) is 1.54. The van der Waals surface area contributed by atoms with Gasteiger partial charge in [-0.15, -0.1) is 0 Å². The molecule has 0 fully saturated rings. The lowest BCUT2D eigenvalue weighted by Crippen LogP contribution is -2.05. The summed E-state index contributed by atoms with van der Waals surface area (Å²) in [5.41, 5.74) is 0. The molecule has 0 atom stereocenters. The predicted molar refractivity (Wildman–Crippen MR) is 42.7 cm³/mol. The second-order valence-corrected chi connectivity index (χ2v) is 2.67. The van der Waals surface area contributed by atoms with Crippen LogP contribution in [0.1, 0.15) is 6.92 Å². The number of rotatable bonds is 1. The standard InChI is InChI=1S/C8H5ClF2O2/c1-4(12)13-8-6(10)3-2-5(9)7(8)11/h2-3H,1H3. The van der Waals surface area contributed by atoms with E-state index < -0.39 is 23.4 Å². The first-order valence-corrected chi connectivity index (χ1v) is 3.72. The van der Waals surface area contributed by atoms with E-state index >= 15 is 0 Å². The number of carbonyl (C=O) groups excluding carboxylic acids is 1. The minimum absolute atomic E-state index is 0.294. The molecule has 0 saturated carbocycles. The molecule has 1 rings (SSSR count). The van der Waals surface area contributed by atoms with Gasteiger partial charge in [0.15, 0.2) is 11.6 Å². The van der Waals surface area contributed by atoms with E-state index in [1.54, 1.807) is 0 Å². The van der Waals surface area contributed by atoms with E-state index in [1.807, 2.05) is 0 Å². The fourth-order valence-electron chi connectivity index (χ4n) is 0.746. The van der Waals surface area contributed by atoms with E-state index in [-0.39, 0.29) is 5.02 Å². The van der Waals surface area contributed by atoms with Gasteiger partial charge in [-0.3, -0.25) is 4.79 Å². The zero-order chi connectivity index (χ0) is 10.0. The summed E-state index contributed by atoms with van der Waals surface area (Å²) in [5.74, 6) is -3.60. The predicted octanol–water partition coefficient (Wildman–Crippen LogP) is 2.54. The highest BCUT2D eigenvalue weighted by Gasteiger charge is 2.15. The van der Waals surface area contributed by atoms with Crippen molar-refractivity contribution in [3.63, 3.8) is 0 Å². The average Bonchev–Trinajstić information content (AvgIpc) is 2.05. The van der Waals surface area contributed by atoms with Gasteiger partial charge in [0.1, 0.15) is 0 Å². The molecule has 0 aliphatic heterocycles. The average molecular weight is 207 g/mol. The molecular formula is C8H5ClF2O2. The van der Waals surface area contributed by atoms with Crippen molar-refractivity contribution >= 4 is 17.6 Å². The van der Waals surface area contributed by atoms with Crippen LogP contribution in [0.3, 0.4) is 0 Å². The van der Waals surface area contributed by atoms with Gasteiger partial charge < -0.3 is 4.74 Å². The summed E-state index contributed by atoms with van der Waals surface area (Å²) in [5, 5.41) is -0.294. The highest BCUT2D eigenvalue weighted by atomic mass is 35.5. The van der Waals surface area contributed by atoms with Crippen molar-refractivity contribution in [3.05, 3.63) is 28.8 Å². The van der Waals surface area contributed by atoms with Gasteiger partial charge in [-0.25, -0.2) is 8.78 Å². The number of carbonyl (C=O) groups is 1.